The van der Waals surface area contributed by atoms with Crippen molar-refractivity contribution in [3.8, 4) is 0 Å². The van der Waals surface area contributed by atoms with Gasteiger partial charge < -0.3 is 14.9 Å². The van der Waals surface area contributed by atoms with Gasteiger partial charge in [0, 0.05) is 5.92 Å². The van der Waals surface area contributed by atoms with Gasteiger partial charge in [-0.15, -0.1) is 0 Å². The second-order valence-electron chi connectivity index (χ2n) is 7.72. The van der Waals surface area contributed by atoms with Gasteiger partial charge in [0.05, 0.1) is 12.5 Å². The molecule has 140 valence electrons. The van der Waals surface area contributed by atoms with E-state index in [0.717, 1.165) is 31.7 Å². The average Bonchev–Trinajstić information content (AvgIpc) is 3.12. The van der Waals surface area contributed by atoms with Crippen molar-refractivity contribution in [1.29, 1.82) is 0 Å². The standard InChI is InChI=1S/C19H31N3O3/c23-17(24)13-15(10-6-9-14-7-2-1-3-8-14)19-21-18(22-25-19)16-11-4-5-12-20-16/h14-16,20H,1-13H2,(H,23,24). The van der Waals surface area contributed by atoms with Crippen LogP contribution in [0.2, 0.25) is 0 Å². The van der Waals surface area contributed by atoms with Gasteiger partial charge in [0.15, 0.2) is 5.82 Å². The fourth-order valence-electron chi connectivity index (χ4n) is 4.28. The number of aromatic nitrogens is 2. The van der Waals surface area contributed by atoms with Crippen molar-refractivity contribution in [2.75, 3.05) is 6.54 Å². The van der Waals surface area contributed by atoms with Gasteiger partial charge in [0.1, 0.15) is 0 Å². The van der Waals surface area contributed by atoms with Crippen LogP contribution in [0.1, 0.15) is 101 Å². The fraction of sp³-hybridized carbons (Fsp3) is 0.842. The molecule has 1 saturated heterocycles. The average molecular weight is 349 g/mol. The van der Waals surface area contributed by atoms with Gasteiger partial charge in [-0.1, -0.05) is 56.5 Å². The predicted molar refractivity (Wildman–Crippen MR) is 94.3 cm³/mol. The molecule has 1 aromatic heterocycles. The molecule has 2 N–H and O–H groups in total. The summed E-state index contributed by atoms with van der Waals surface area (Å²) in [5, 5.41) is 16.8. The van der Waals surface area contributed by atoms with Crippen molar-refractivity contribution in [2.24, 2.45) is 5.92 Å². The minimum Gasteiger partial charge on any atom is -0.481 e. The van der Waals surface area contributed by atoms with Crippen LogP contribution < -0.4 is 5.32 Å². The van der Waals surface area contributed by atoms with E-state index in [-0.39, 0.29) is 18.4 Å². The molecular weight excluding hydrogens is 318 g/mol. The van der Waals surface area contributed by atoms with Gasteiger partial charge in [-0.3, -0.25) is 4.79 Å². The number of rotatable bonds is 8. The summed E-state index contributed by atoms with van der Waals surface area (Å²) in [7, 11) is 0. The van der Waals surface area contributed by atoms with E-state index < -0.39 is 5.97 Å². The van der Waals surface area contributed by atoms with E-state index in [1.165, 1.54) is 51.4 Å². The lowest BCUT2D eigenvalue weighted by molar-refractivity contribution is -0.137. The zero-order valence-corrected chi connectivity index (χ0v) is 15.1. The Labute approximate surface area is 149 Å². The van der Waals surface area contributed by atoms with Gasteiger partial charge in [-0.05, 0) is 31.7 Å². The van der Waals surface area contributed by atoms with E-state index in [4.69, 9.17) is 4.52 Å². The van der Waals surface area contributed by atoms with Crippen LogP contribution in [0.3, 0.4) is 0 Å². The summed E-state index contributed by atoms with van der Waals surface area (Å²) in [6, 6.07) is 0.152. The summed E-state index contributed by atoms with van der Waals surface area (Å²) in [4.78, 5) is 15.8. The highest BCUT2D eigenvalue weighted by atomic mass is 16.5. The smallest absolute Gasteiger partial charge is 0.304 e. The third-order valence-corrected chi connectivity index (χ3v) is 5.74. The normalized spacial score (nSPS) is 23.4. The number of carboxylic acids is 1. The minimum absolute atomic E-state index is 0.0738. The molecule has 0 radical (unpaired) electrons. The molecule has 2 atom stereocenters. The largest absolute Gasteiger partial charge is 0.481 e. The molecule has 1 saturated carbocycles. The highest BCUT2D eigenvalue weighted by molar-refractivity contribution is 5.67. The van der Waals surface area contributed by atoms with E-state index in [1.807, 2.05) is 0 Å². The third-order valence-electron chi connectivity index (χ3n) is 5.74. The number of hydrogen-bond acceptors (Lipinski definition) is 5. The molecule has 3 rings (SSSR count). The van der Waals surface area contributed by atoms with Crippen LogP contribution in [0.4, 0.5) is 0 Å². The fourth-order valence-corrected chi connectivity index (χ4v) is 4.28. The Kier molecular flexibility index (Phi) is 6.84. The van der Waals surface area contributed by atoms with Crippen molar-refractivity contribution < 1.29 is 14.4 Å². The maximum absolute atomic E-state index is 11.3. The number of nitrogens with zero attached hydrogens (tertiary/aromatic N) is 2. The summed E-state index contributed by atoms with van der Waals surface area (Å²) in [6.07, 6.45) is 13.3. The second-order valence-corrected chi connectivity index (χ2v) is 7.72. The number of hydrogen-bond donors (Lipinski definition) is 2. The van der Waals surface area contributed by atoms with Crippen LogP contribution in [0, 0.1) is 5.92 Å². The Morgan fingerprint density at radius 1 is 1.20 bits per heavy atom. The maximum Gasteiger partial charge on any atom is 0.304 e. The van der Waals surface area contributed by atoms with E-state index >= 15 is 0 Å². The lowest BCUT2D eigenvalue weighted by Gasteiger charge is -2.22. The maximum atomic E-state index is 11.3. The van der Waals surface area contributed by atoms with Crippen molar-refractivity contribution in [1.82, 2.24) is 15.5 Å². The van der Waals surface area contributed by atoms with Crippen molar-refractivity contribution >= 4 is 5.97 Å². The Balaban J connectivity index is 1.55. The topological polar surface area (TPSA) is 88.2 Å². The SMILES string of the molecule is O=C(O)CC(CCCC1CCCCC1)c1nc(C2CCCCN2)no1. The molecule has 6 nitrogen and oxygen atoms in total. The number of piperidine rings is 1. The van der Waals surface area contributed by atoms with Gasteiger partial charge in [0.25, 0.3) is 0 Å². The molecule has 0 amide bonds. The summed E-state index contributed by atoms with van der Waals surface area (Å²) in [5.41, 5.74) is 0. The Bertz CT molecular complexity index is 534. The Morgan fingerprint density at radius 3 is 2.72 bits per heavy atom. The molecule has 2 unspecified atom stereocenters. The number of carbonyl (C=O) groups is 1. The van der Waals surface area contributed by atoms with Gasteiger partial charge in [-0.2, -0.15) is 4.98 Å². The van der Waals surface area contributed by atoms with Gasteiger partial charge in [-0.25, -0.2) is 0 Å². The summed E-state index contributed by atoms with van der Waals surface area (Å²) in [5.74, 6) is 1.07. The van der Waals surface area contributed by atoms with E-state index in [1.54, 1.807) is 0 Å². The highest BCUT2D eigenvalue weighted by Gasteiger charge is 2.26. The minimum atomic E-state index is -0.793. The van der Waals surface area contributed by atoms with Crippen molar-refractivity contribution in [2.45, 2.75) is 89.0 Å². The first kappa shape index (κ1) is 18.4. The number of aliphatic carboxylic acids is 1. The third kappa shape index (κ3) is 5.53. The molecule has 1 aliphatic carbocycles. The first-order valence-electron chi connectivity index (χ1n) is 10.0. The molecule has 2 aliphatic rings. The van der Waals surface area contributed by atoms with Crippen LogP contribution in [0.25, 0.3) is 0 Å². The quantitative estimate of drug-likeness (QED) is 0.731. The van der Waals surface area contributed by atoms with Crippen LogP contribution in [0.15, 0.2) is 4.52 Å². The van der Waals surface area contributed by atoms with Crippen LogP contribution in [0.5, 0.6) is 0 Å². The van der Waals surface area contributed by atoms with Gasteiger partial charge in [0.2, 0.25) is 5.89 Å². The Hall–Kier alpha value is -1.43. The zero-order chi connectivity index (χ0) is 17.5. The predicted octanol–water partition coefficient (Wildman–Crippen LogP) is 4.19. The first-order chi connectivity index (χ1) is 12.2. The molecule has 6 heteroatoms. The first-order valence-corrected chi connectivity index (χ1v) is 10.0. The molecule has 25 heavy (non-hydrogen) atoms. The lowest BCUT2D eigenvalue weighted by atomic mass is 9.84. The molecule has 0 bridgehead atoms. The molecule has 2 fully saturated rings. The number of nitrogens with one attached hydrogen (secondary N) is 1. The Morgan fingerprint density at radius 2 is 2.00 bits per heavy atom. The summed E-state index contributed by atoms with van der Waals surface area (Å²) < 4.78 is 5.46. The molecule has 0 spiro atoms. The highest BCUT2D eigenvalue weighted by Crippen LogP contribution is 2.31. The summed E-state index contributed by atoms with van der Waals surface area (Å²) in [6.45, 7) is 0.981. The lowest BCUT2D eigenvalue weighted by Crippen LogP contribution is -2.27. The van der Waals surface area contributed by atoms with Crippen molar-refractivity contribution in [3.05, 3.63) is 11.7 Å². The van der Waals surface area contributed by atoms with Crippen LogP contribution >= 0.6 is 0 Å². The van der Waals surface area contributed by atoms with Crippen LogP contribution in [-0.2, 0) is 4.79 Å². The van der Waals surface area contributed by atoms with Crippen LogP contribution in [-0.4, -0.2) is 27.8 Å². The van der Waals surface area contributed by atoms with Crippen molar-refractivity contribution in [3.63, 3.8) is 0 Å². The van der Waals surface area contributed by atoms with E-state index in [2.05, 4.69) is 15.5 Å². The van der Waals surface area contributed by atoms with E-state index in [9.17, 15) is 9.90 Å². The molecule has 1 aromatic rings. The zero-order valence-electron chi connectivity index (χ0n) is 15.1. The monoisotopic (exact) mass is 349 g/mol. The summed E-state index contributed by atoms with van der Waals surface area (Å²) >= 11 is 0. The molecule has 1 aliphatic heterocycles. The molecule has 0 aromatic carbocycles. The molecule has 2 heterocycles. The number of carboxylic acid groups (broad SMARTS) is 1. The van der Waals surface area contributed by atoms with E-state index in [0.29, 0.717) is 11.7 Å². The van der Waals surface area contributed by atoms with Gasteiger partial charge >= 0.3 is 5.97 Å². The second kappa shape index (κ2) is 9.32. The molecular formula is C19H31N3O3.